The van der Waals surface area contributed by atoms with Crippen LogP contribution in [0, 0.1) is 12.3 Å². The number of sulfonamides is 1. The van der Waals surface area contributed by atoms with Gasteiger partial charge < -0.3 is 5.32 Å². The molecule has 2 rings (SSSR count). The average molecular weight is 404 g/mol. The molecule has 1 fully saturated rings. The van der Waals surface area contributed by atoms with Crippen molar-refractivity contribution in [1.82, 2.24) is 14.5 Å². The molecule has 0 radical (unpaired) electrons. The summed E-state index contributed by atoms with van der Waals surface area (Å²) in [6, 6.07) is 9.32. The molecular weight excluding hydrogens is 374 g/mol. The molecule has 0 aliphatic carbocycles. The number of piperazine rings is 1. The molecule has 152 valence electrons. The van der Waals surface area contributed by atoms with Crippen molar-refractivity contribution in [3.05, 3.63) is 41.3 Å². The number of carbonyl (C=O) groups is 1. The first-order valence-electron chi connectivity index (χ1n) is 9.58. The molecule has 1 aromatic carbocycles. The summed E-state index contributed by atoms with van der Waals surface area (Å²) in [5.74, 6) is 2.57. The summed E-state index contributed by atoms with van der Waals surface area (Å²) in [5.41, 5.74) is 0.232. The first-order chi connectivity index (χ1) is 13.3. The topological polar surface area (TPSA) is 69.7 Å². The van der Waals surface area contributed by atoms with Gasteiger partial charge in [-0.05, 0) is 24.5 Å². The minimum Gasteiger partial charge on any atom is -0.339 e. The second-order valence-electron chi connectivity index (χ2n) is 6.92. The fraction of sp³-hybridized carbons (Fsp3) is 0.476. The number of nitrogens with one attached hydrogen (secondary N) is 1. The van der Waals surface area contributed by atoms with Crippen LogP contribution in [0.1, 0.15) is 32.3 Å². The highest BCUT2D eigenvalue weighted by Gasteiger charge is 2.29. The average Bonchev–Trinajstić information content (AvgIpc) is 2.72. The monoisotopic (exact) mass is 403 g/mol. The summed E-state index contributed by atoms with van der Waals surface area (Å²) in [7, 11) is -3.48. The quantitative estimate of drug-likeness (QED) is 0.673. The fourth-order valence-corrected chi connectivity index (χ4v) is 4.31. The molecule has 1 aromatic rings. The number of nitrogens with zero attached hydrogens (tertiary/aromatic N) is 2. The molecule has 0 bridgehead atoms. The molecule has 0 saturated carbocycles. The number of hydrogen-bond acceptors (Lipinski definition) is 4. The van der Waals surface area contributed by atoms with Gasteiger partial charge in [-0.3, -0.25) is 9.69 Å². The van der Waals surface area contributed by atoms with Crippen molar-refractivity contribution in [3.8, 4) is 12.3 Å². The Morgan fingerprint density at radius 2 is 1.79 bits per heavy atom. The van der Waals surface area contributed by atoms with E-state index in [4.69, 9.17) is 6.42 Å². The molecule has 1 aliphatic rings. The number of hydrogen-bond donors (Lipinski definition) is 1. The number of amides is 1. The van der Waals surface area contributed by atoms with Crippen LogP contribution < -0.4 is 5.32 Å². The Morgan fingerprint density at radius 1 is 1.18 bits per heavy atom. The van der Waals surface area contributed by atoms with Crippen LogP contribution >= 0.6 is 0 Å². The van der Waals surface area contributed by atoms with Crippen LogP contribution in [0.5, 0.6) is 0 Å². The smallest absolute Gasteiger partial charge is 0.236 e. The molecule has 0 unspecified atom stereocenters. The molecule has 1 N–H and O–H groups in total. The van der Waals surface area contributed by atoms with Crippen LogP contribution in [0.4, 0.5) is 0 Å². The first-order valence-corrected chi connectivity index (χ1v) is 11.1. The lowest BCUT2D eigenvalue weighted by atomic mass is 9.94. The Kier molecular flexibility index (Phi) is 7.81. The van der Waals surface area contributed by atoms with Crippen LogP contribution in [0.2, 0.25) is 0 Å². The van der Waals surface area contributed by atoms with Crippen LogP contribution in [0.3, 0.4) is 0 Å². The molecule has 0 spiro atoms. The number of carbonyl (C=O) groups excluding carboxylic acids is 1. The normalized spacial score (nSPS) is 16.8. The molecule has 7 heteroatoms. The second-order valence-corrected chi connectivity index (χ2v) is 8.73. The zero-order chi connectivity index (χ0) is 20.6. The Labute approximate surface area is 168 Å². The van der Waals surface area contributed by atoms with E-state index in [2.05, 4.69) is 11.2 Å². The number of rotatable bonds is 8. The highest BCUT2D eigenvalue weighted by Crippen LogP contribution is 2.14. The summed E-state index contributed by atoms with van der Waals surface area (Å²) in [6.07, 6.45) is 8.53. The van der Waals surface area contributed by atoms with E-state index in [-0.39, 0.29) is 12.5 Å². The summed E-state index contributed by atoms with van der Waals surface area (Å²) < 4.78 is 26.5. The van der Waals surface area contributed by atoms with Crippen molar-refractivity contribution in [2.45, 2.75) is 32.2 Å². The molecule has 0 aromatic heterocycles. The Morgan fingerprint density at radius 3 is 2.32 bits per heavy atom. The van der Waals surface area contributed by atoms with E-state index < -0.39 is 15.6 Å². The third-order valence-corrected chi connectivity index (χ3v) is 6.72. The zero-order valence-electron chi connectivity index (χ0n) is 16.6. The van der Waals surface area contributed by atoms with Gasteiger partial charge in [0.1, 0.15) is 5.54 Å². The van der Waals surface area contributed by atoms with Crippen molar-refractivity contribution in [1.29, 1.82) is 0 Å². The summed E-state index contributed by atoms with van der Waals surface area (Å²) in [6.45, 7) is 5.86. The molecule has 0 atom stereocenters. The first kappa shape index (κ1) is 22.2. The zero-order valence-corrected chi connectivity index (χ0v) is 17.4. The Hall–Kier alpha value is -2.14. The molecular formula is C21H29N3O3S. The van der Waals surface area contributed by atoms with Gasteiger partial charge >= 0.3 is 0 Å². The Balaban J connectivity index is 1.87. The lowest BCUT2D eigenvalue weighted by Gasteiger charge is -2.34. The second kappa shape index (κ2) is 9.87. The van der Waals surface area contributed by atoms with Gasteiger partial charge in [0.05, 0.1) is 6.54 Å². The maximum atomic E-state index is 12.5. The van der Waals surface area contributed by atoms with Crippen molar-refractivity contribution in [2.24, 2.45) is 0 Å². The molecule has 1 saturated heterocycles. The molecule has 28 heavy (non-hydrogen) atoms. The molecule has 1 amide bonds. The van der Waals surface area contributed by atoms with Crippen molar-refractivity contribution in [3.63, 3.8) is 0 Å². The van der Waals surface area contributed by atoms with Gasteiger partial charge in [0, 0.05) is 31.6 Å². The van der Waals surface area contributed by atoms with Gasteiger partial charge in [0.2, 0.25) is 15.9 Å². The van der Waals surface area contributed by atoms with Crippen molar-refractivity contribution in [2.75, 3.05) is 32.7 Å². The summed E-state index contributed by atoms with van der Waals surface area (Å²) in [5, 5.41) is 4.19. The van der Waals surface area contributed by atoms with E-state index in [1.807, 2.05) is 49.1 Å². The third-order valence-electron chi connectivity index (χ3n) is 5.15. The van der Waals surface area contributed by atoms with E-state index in [1.165, 1.54) is 9.71 Å². The van der Waals surface area contributed by atoms with Crippen molar-refractivity contribution >= 4 is 22.0 Å². The van der Waals surface area contributed by atoms with Gasteiger partial charge in [-0.25, -0.2) is 8.42 Å². The lowest BCUT2D eigenvalue weighted by molar-refractivity contribution is -0.123. The van der Waals surface area contributed by atoms with E-state index in [9.17, 15) is 13.2 Å². The molecule has 1 aliphatic heterocycles. The molecule has 6 nitrogen and oxygen atoms in total. The molecule has 1 heterocycles. The maximum absolute atomic E-state index is 12.5. The fourth-order valence-electron chi connectivity index (χ4n) is 3.13. The summed E-state index contributed by atoms with van der Waals surface area (Å²) >= 11 is 0. The highest BCUT2D eigenvalue weighted by atomic mass is 32.2. The predicted octanol–water partition coefficient (Wildman–Crippen LogP) is 1.91. The predicted molar refractivity (Wildman–Crippen MR) is 113 cm³/mol. The minimum atomic E-state index is -3.48. The van der Waals surface area contributed by atoms with E-state index in [0.29, 0.717) is 39.0 Å². The number of benzene rings is 1. The SMILES string of the molecule is C#CC(CC)(CC)NC(=O)CN1CCN(S(=O)(=O)/C=C/c2ccccc2)CC1. The number of terminal acetylenes is 1. The van der Waals surface area contributed by atoms with Gasteiger partial charge in [0.15, 0.2) is 0 Å². The standard InChI is InChI=1S/C21H29N3O3S/c1-4-21(5-2,6-3)22-20(25)18-23-13-15-24(16-14-23)28(26,27)17-12-19-10-8-7-9-11-19/h1,7-12,17H,5-6,13-16,18H2,2-3H3,(H,22,25)/b17-12+. The van der Waals surface area contributed by atoms with Crippen LogP contribution in [0.25, 0.3) is 6.08 Å². The van der Waals surface area contributed by atoms with Gasteiger partial charge in [-0.2, -0.15) is 4.31 Å². The van der Waals surface area contributed by atoms with E-state index in [0.717, 1.165) is 5.56 Å². The van der Waals surface area contributed by atoms with Crippen LogP contribution in [0.15, 0.2) is 35.7 Å². The lowest BCUT2D eigenvalue weighted by Crippen LogP contribution is -2.54. The Bertz CT molecular complexity index is 816. The third kappa shape index (κ3) is 5.93. The van der Waals surface area contributed by atoms with Crippen molar-refractivity contribution < 1.29 is 13.2 Å². The van der Waals surface area contributed by atoms with E-state index in [1.54, 1.807) is 6.08 Å². The van der Waals surface area contributed by atoms with Gasteiger partial charge in [-0.15, -0.1) is 6.42 Å². The largest absolute Gasteiger partial charge is 0.339 e. The van der Waals surface area contributed by atoms with Gasteiger partial charge in [-0.1, -0.05) is 50.1 Å². The van der Waals surface area contributed by atoms with Crippen LogP contribution in [-0.4, -0.2) is 61.8 Å². The van der Waals surface area contributed by atoms with Gasteiger partial charge in [0.25, 0.3) is 0 Å². The maximum Gasteiger partial charge on any atom is 0.236 e. The summed E-state index contributed by atoms with van der Waals surface area (Å²) in [4.78, 5) is 14.3. The minimum absolute atomic E-state index is 0.123. The van der Waals surface area contributed by atoms with E-state index >= 15 is 0 Å². The highest BCUT2D eigenvalue weighted by molar-refractivity contribution is 7.92. The van der Waals surface area contributed by atoms with Crippen LogP contribution in [-0.2, 0) is 14.8 Å².